The van der Waals surface area contributed by atoms with Crippen LogP contribution in [-0.4, -0.2) is 66.4 Å². The van der Waals surface area contributed by atoms with Crippen molar-refractivity contribution in [3.63, 3.8) is 0 Å². The average Bonchev–Trinajstić information content (AvgIpc) is 3.49. The van der Waals surface area contributed by atoms with Gasteiger partial charge in [0.1, 0.15) is 30.4 Å². The summed E-state index contributed by atoms with van der Waals surface area (Å²) in [6.07, 6.45) is 13.3. The molecule has 2 aliphatic carbocycles. The van der Waals surface area contributed by atoms with Crippen molar-refractivity contribution in [1.82, 2.24) is 29.1 Å². The Balaban J connectivity index is 1.18. The highest BCUT2D eigenvalue weighted by atomic mass is 16.6. The number of ether oxygens (including phenoxy) is 3. The first-order chi connectivity index (χ1) is 20.9. The van der Waals surface area contributed by atoms with Gasteiger partial charge in [0.05, 0.1) is 45.4 Å². The number of aromatic nitrogens is 6. The second kappa shape index (κ2) is 11.0. The van der Waals surface area contributed by atoms with Gasteiger partial charge < -0.3 is 33.8 Å². The molecule has 4 aromatic rings. The van der Waals surface area contributed by atoms with Crippen molar-refractivity contribution in [2.75, 3.05) is 31.2 Å². The van der Waals surface area contributed by atoms with Crippen LogP contribution in [0.25, 0.3) is 10.9 Å². The molecule has 5 heterocycles. The number of hydrogen-bond acceptors (Lipinski definition) is 10. The molecule has 1 aliphatic heterocycles. The number of nitro groups is 1. The van der Waals surface area contributed by atoms with E-state index in [4.69, 9.17) is 21.9 Å². The summed E-state index contributed by atoms with van der Waals surface area (Å²) in [6.45, 7) is 0.234. The summed E-state index contributed by atoms with van der Waals surface area (Å²) >= 11 is 0. The summed E-state index contributed by atoms with van der Waals surface area (Å²) in [7, 11) is 0. The zero-order chi connectivity index (χ0) is 29.6. The number of fused-ring (bicyclic) bond motifs is 1. The van der Waals surface area contributed by atoms with E-state index in [1.54, 1.807) is 12.3 Å². The van der Waals surface area contributed by atoms with E-state index < -0.39 is 11.5 Å². The molecule has 0 amide bonds. The van der Waals surface area contributed by atoms with Crippen LogP contribution in [0.2, 0.25) is 0 Å². The third-order valence-corrected chi connectivity index (χ3v) is 7.94. The van der Waals surface area contributed by atoms with Gasteiger partial charge >= 0.3 is 5.95 Å². The average molecular weight is 563 g/mol. The van der Waals surface area contributed by atoms with E-state index in [0.29, 0.717) is 49.1 Å². The fourth-order valence-corrected chi connectivity index (χ4v) is 5.63. The summed E-state index contributed by atoms with van der Waals surface area (Å²) in [5.41, 5.74) is 0.638. The van der Waals surface area contributed by atoms with Gasteiger partial charge in [-0.05, 0) is 49.5 Å². The second-order valence-electron chi connectivity index (χ2n) is 10.7. The smallest absolute Gasteiger partial charge is 0.435 e. The van der Waals surface area contributed by atoms with Gasteiger partial charge in [-0.3, -0.25) is 4.98 Å². The summed E-state index contributed by atoms with van der Waals surface area (Å²) in [6, 6.07) is 3.79. The van der Waals surface area contributed by atoms with Gasteiger partial charge in [-0.15, -0.1) is 0 Å². The van der Waals surface area contributed by atoms with Crippen LogP contribution in [0.3, 0.4) is 0 Å². The molecule has 0 aromatic carbocycles. The van der Waals surface area contributed by atoms with Gasteiger partial charge in [-0.2, -0.15) is 4.98 Å². The van der Waals surface area contributed by atoms with Crippen molar-refractivity contribution >= 4 is 22.7 Å². The topological polar surface area (TPSA) is 135 Å². The number of imidazole rings is 2. The Morgan fingerprint density at radius 1 is 1.07 bits per heavy atom. The number of anilines is 1. The zero-order valence-corrected chi connectivity index (χ0v) is 22.5. The van der Waals surface area contributed by atoms with Crippen LogP contribution in [0.5, 0.6) is 11.6 Å². The maximum Gasteiger partial charge on any atom is 0.435 e. The molecule has 3 fully saturated rings. The van der Waals surface area contributed by atoms with E-state index in [0.717, 1.165) is 44.3 Å². The van der Waals surface area contributed by atoms with Crippen molar-refractivity contribution in [3.8, 4) is 11.6 Å². The molecule has 0 bridgehead atoms. The molecule has 1 saturated heterocycles. The Hall–Kier alpha value is -4.26. The Morgan fingerprint density at radius 3 is 2.61 bits per heavy atom. The molecule has 214 valence electrons. The Morgan fingerprint density at radius 2 is 1.88 bits per heavy atom. The lowest BCUT2D eigenvalue weighted by molar-refractivity contribution is -0.396. The second-order valence-corrected chi connectivity index (χ2v) is 10.7. The van der Waals surface area contributed by atoms with Crippen LogP contribution in [0, 0.1) is 10.1 Å². The quantitative estimate of drug-likeness (QED) is 0.215. The van der Waals surface area contributed by atoms with Crippen molar-refractivity contribution in [2.24, 2.45) is 0 Å². The Bertz CT molecular complexity index is 1610. The molecule has 0 N–H and O–H groups in total. The summed E-state index contributed by atoms with van der Waals surface area (Å²) in [4.78, 5) is 30.6. The summed E-state index contributed by atoms with van der Waals surface area (Å²) in [5, 5.41) is 12.1. The van der Waals surface area contributed by atoms with Gasteiger partial charge in [-0.1, -0.05) is 4.98 Å². The van der Waals surface area contributed by atoms with E-state index in [2.05, 4.69) is 24.4 Å². The lowest BCUT2D eigenvalue weighted by atomic mass is 9.93. The molecule has 4 aromatic heterocycles. The molecule has 3 aliphatic rings. The van der Waals surface area contributed by atoms with Crippen LogP contribution in [0.15, 0.2) is 43.2 Å². The maximum atomic E-state index is 11.5. The number of pyridine rings is 2. The summed E-state index contributed by atoms with van der Waals surface area (Å²) < 4.78 is 38.8. The minimum atomic E-state index is -2.40. The predicted molar refractivity (Wildman–Crippen MR) is 148 cm³/mol. The largest absolute Gasteiger partial charge is 0.484 e. The molecule has 0 radical (unpaired) electrons. The lowest BCUT2D eigenvalue weighted by Gasteiger charge is -2.31. The molecule has 0 unspecified atom stereocenters. The van der Waals surface area contributed by atoms with Gasteiger partial charge in [0.15, 0.2) is 5.69 Å². The standard InChI is InChI=1S/C28H32N8O5/c37-36(38)28-31-15-21(35(28)20-1-2-20)17-40-23-13-24-25(30-16-23)14-26(33-9-11-39-12-10-33)32-27(24)41-22-5-3-19(4-6-22)34-8-7-29-18-34/h7-8,13-16,18-20,22H,1-6,9-12,17H2/i17D2. The van der Waals surface area contributed by atoms with Crippen molar-refractivity contribution < 1.29 is 21.9 Å². The normalized spacial score (nSPS) is 22.3. The number of nitrogens with zero attached hydrogens (tertiary/aromatic N) is 8. The first-order valence-corrected chi connectivity index (χ1v) is 14.0. The van der Waals surface area contributed by atoms with Crippen LogP contribution in [-0.2, 0) is 11.3 Å². The van der Waals surface area contributed by atoms with Crippen molar-refractivity contribution in [2.45, 2.75) is 63.3 Å². The van der Waals surface area contributed by atoms with E-state index in [-0.39, 0.29) is 29.5 Å². The van der Waals surface area contributed by atoms with Crippen LogP contribution >= 0.6 is 0 Å². The van der Waals surface area contributed by atoms with E-state index in [1.165, 1.54) is 17.0 Å². The zero-order valence-electron chi connectivity index (χ0n) is 24.5. The third-order valence-electron chi connectivity index (χ3n) is 7.94. The molecule has 41 heavy (non-hydrogen) atoms. The first kappa shape index (κ1) is 23.4. The van der Waals surface area contributed by atoms with Crippen molar-refractivity contribution in [1.29, 1.82) is 0 Å². The van der Waals surface area contributed by atoms with Crippen LogP contribution < -0.4 is 14.4 Å². The van der Waals surface area contributed by atoms with E-state index >= 15 is 0 Å². The highest BCUT2D eigenvalue weighted by Crippen LogP contribution is 2.39. The molecule has 13 heteroatoms. The lowest BCUT2D eigenvalue weighted by Crippen LogP contribution is -2.36. The molecular weight excluding hydrogens is 528 g/mol. The molecule has 0 spiro atoms. The van der Waals surface area contributed by atoms with Crippen LogP contribution in [0.4, 0.5) is 11.8 Å². The van der Waals surface area contributed by atoms with E-state index in [1.807, 2.05) is 18.6 Å². The first-order valence-electron chi connectivity index (χ1n) is 15.0. The summed E-state index contributed by atoms with van der Waals surface area (Å²) in [5.74, 6) is 0.926. The molecule has 2 saturated carbocycles. The van der Waals surface area contributed by atoms with Gasteiger partial charge in [-0.25, -0.2) is 9.55 Å². The Kier molecular flexibility index (Phi) is 6.27. The van der Waals surface area contributed by atoms with Crippen LogP contribution in [0.1, 0.15) is 59.0 Å². The molecule has 0 atom stereocenters. The van der Waals surface area contributed by atoms with Gasteiger partial charge in [0, 0.05) is 37.6 Å². The fourth-order valence-electron chi connectivity index (χ4n) is 5.63. The monoisotopic (exact) mass is 562 g/mol. The third kappa shape index (κ3) is 5.41. The Labute approximate surface area is 239 Å². The molecular formula is C28H32N8O5. The number of rotatable bonds is 9. The molecule has 7 rings (SSSR count). The number of morpholine rings is 1. The molecule has 13 nitrogen and oxygen atoms in total. The fraction of sp³-hybridized carbons (Fsp3) is 0.500. The van der Waals surface area contributed by atoms with E-state index in [9.17, 15) is 10.1 Å². The van der Waals surface area contributed by atoms with Gasteiger partial charge in [0.25, 0.3) is 0 Å². The highest BCUT2D eigenvalue weighted by Gasteiger charge is 2.35. The maximum absolute atomic E-state index is 11.5. The minimum absolute atomic E-state index is 0.00582. The SMILES string of the molecule is [2H]C([2H])(Oc1cnc2cc(N3CCOCC3)nc(OC3CCC(n4ccnc4)CC3)c2c1)c1cnc([N+](=O)[O-])n1C1CC1. The van der Waals surface area contributed by atoms with Crippen molar-refractivity contribution in [3.05, 3.63) is 59.1 Å². The predicted octanol–water partition coefficient (Wildman–Crippen LogP) is 4.24. The van der Waals surface area contributed by atoms with Gasteiger partial charge in [0.2, 0.25) is 5.88 Å². The number of hydrogen-bond donors (Lipinski definition) is 0. The highest BCUT2D eigenvalue weighted by molar-refractivity contribution is 5.87. The minimum Gasteiger partial charge on any atom is -0.484 e.